The molecule has 0 aliphatic carbocycles. The van der Waals surface area contributed by atoms with Crippen molar-refractivity contribution in [3.63, 3.8) is 0 Å². The van der Waals surface area contributed by atoms with Crippen molar-refractivity contribution >= 4 is 11.0 Å². The van der Waals surface area contributed by atoms with Gasteiger partial charge in [-0.3, -0.25) is 0 Å². The molecule has 0 saturated heterocycles. The molecule has 110 valence electrons. The Bertz CT molecular complexity index is 491. The average Bonchev–Trinajstić information content (AvgIpc) is 2.39. The van der Waals surface area contributed by atoms with Crippen molar-refractivity contribution in [1.82, 2.24) is 4.72 Å². The van der Waals surface area contributed by atoms with Crippen molar-refractivity contribution in [2.45, 2.75) is 44.6 Å². The molecule has 0 radical (unpaired) electrons. The van der Waals surface area contributed by atoms with Gasteiger partial charge in [-0.05, 0) is 33.3 Å². The molecule has 1 N–H and O–H groups in total. The fourth-order valence-corrected chi connectivity index (χ4v) is 2.21. The van der Waals surface area contributed by atoms with Crippen molar-refractivity contribution in [2.24, 2.45) is 0 Å². The smallest absolute Gasteiger partial charge is 0.138 e. The molecule has 0 unspecified atom stereocenters. The van der Waals surface area contributed by atoms with Crippen LogP contribution in [0.1, 0.15) is 33.3 Å². The first-order valence-corrected chi connectivity index (χ1v) is 7.64. The van der Waals surface area contributed by atoms with E-state index in [-0.39, 0.29) is 6.61 Å². The van der Waals surface area contributed by atoms with Gasteiger partial charge in [-0.25, -0.2) is 8.93 Å². The van der Waals surface area contributed by atoms with Gasteiger partial charge in [-0.1, -0.05) is 30.3 Å². The second-order valence-electron chi connectivity index (χ2n) is 5.91. The van der Waals surface area contributed by atoms with Crippen molar-refractivity contribution in [3.05, 3.63) is 35.9 Å². The zero-order valence-electron chi connectivity index (χ0n) is 12.5. The van der Waals surface area contributed by atoms with Crippen LogP contribution in [0.15, 0.2) is 30.3 Å². The van der Waals surface area contributed by atoms with E-state index in [2.05, 4.69) is 10.8 Å². The quantitative estimate of drug-likeness (QED) is 0.877. The molecule has 0 aromatic heterocycles. The highest BCUT2D eigenvalue weighted by Crippen LogP contribution is 2.14. The largest absolute Gasteiger partial charge is 0.374 e. The Morgan fingerprint density at radius 1 is 1.25 bits per heavy atom. The zero-order valence-corrected chi connectivity index (χ0v) is 13.3. The Morgan fingerprint density at radius 3 is 2.35 bits per heavy atom. The lowest BCUT2D eigenvalue weighted by Gasteiger charge is -2.27. The number of nitrogens with zero attached hydrogens (tertiary/aromatic N) is 1. The van der Waals surface area contributed by atoms with Gasteiger partial charge in [0.1, 0.15) is 5.54 Å². The number of hydrogen-bond acceptors (Lipinski definition) is 3. The van der Waals surface area contributed by atoms with Gasteiger partial charge in [0.15, 0.2) is 0 Å². The first kappa shape index (κ1) is 16.8. The van der Waals surface area contributed by atoms with E-state index in [9.17, 15) is 9.47 Å². The van der Waals surface area contributed by atoms with Gasteiger partial charge in [0.2, 0.25) is 0 Å². The third kappa shape index (κ3) is 5.41. The lowest BCUT2D eigenvalue weighted by molar-refractivity contribution is 0.0908. The molecule has 1 rings (SSSR count). The van der Waals surface area contributed by atoms with Crippen LogP contribution in [0.2, 0.25) is 0 Å². The Labute approximate surface area is 123 Å². The molecule has 5 heteroatoms. The normalized spacial score (nSPS) is 16.1. The van der Waals surface area contributed by atoms with Crippen LogP contribution in [0.5, 0.6) is 0 Å². The highest BCUT2D eigenvalue weighted by atomic mass is 32.2. The van der Waals surface area contributed by atoms with Gasteiger partial charge in [0.25, 0.3) is 0 Å². The highest BCUT2D eigenvalue weighted by molar-refractivity contribution is 7.84. The summed E-state index contributed by atoms with van der Waals surface area (Å²) in [7, 11) is -1.31. The van der Waals surface area contributed by atoms with Crippen LogP contribution >= 0.6 is 0 Å². The first-order chi connectivity index (χ1) is 9.27. The standard InChI is InChI=1S/C15H22N2O2S/c1-14(2,3)20(18)17-15(4,11-16)12-19-10-13-8-6-5-7-9-13/h5-9,17H,10,12H2,1-4H3/t15-,20+/m1/s1. The molecule has 20 heavy (non-hydrogen) atoms. The molecule has 4 nitrogen and oxygen atoms in total. The van der Waals surface area contributed by atoms with Gasteiger partial charge in [0, 0.05) is 0 Å². The van der Waals surface area contributed by atoms with Crippen LogP contribution in [-0.4, -0.2) is 21.1 Å². The Kier molecular flexibility index (Phi) is 5.88. The Balaban J connectivity index is 2.54. The summed E-state index contributed by atoms with van der Waals surface area (Å²) in [5.74, 6) is 0. The van der Waals surface area contributed by atoms with Gasteiger partial charge < -0.3 is 4.74 Å². The summed E-state index contributed by atoms with van der Waals surface area (Å²) in [6.07, 6.45) is 0. The molecular weight excluding hydrogens is 272 g/mol. The molecule has 0 aliphatic heterocycles. The highest BCUT2D eigenvalue weighted by Gasteiger charge is 2.31. The van der Waals surface area contributed by atoms with Crippen LogP contribution in [-0.2, 0) is 22.3 Å². The van der Waals surface area contributed by atoms with E-state index in [0.717, 1.165) is 5.56 Å². The van der Waals surface area contributed by atoms with E-state index in [1.165, 1.54) is 0 Å². The van der Waals surface area contributed by atoms with Gasteiger partial charge in [-0.2, -0.15) is 5.26 Å². The first-order valence-electron chi connectivity index (χ1n) is 6.49. The van der Waals surface area contributed by atoms with Crippen molar-refractivity contribution in [3.8, 4) is 6.07 Å². The molecule has 0 fully saturated rings. The maximum absolute atomic E-state index is 12.1. The molecule has 0 bridgehead atoms. The summed E-state index contributed by atoms with van der Waals surface area (Å²) in [6.45, 7) is 7.89. The van der Waals surface area contributed by atoms with Crippen LogP contribution < -0.4 is 4.72 Å². The topological polar surface area (TPSA) is 62.1 Å². The molecule has 0 saturated carbocycles. The molecule has 1 aromatic rings. The van der Waals surface area contributed by atoms with Gasteiger partial charge >= 0.3 is 0 Å². The summed E-state index contributed by atoms with van der Waals surface area (Å²) >= 11 is 0. The van der Waals surface area contributed by atoms with E-state index >= 15 is 0 Å². The van der Waals surface area contributed by atoms with E-state index in [1.54, 1.807) is 6.92 Å². The van der Waals surface area contributed by atoms with Gasteiger partial charge in [0.05, 0.1) is 35.0 Å². The van der Waals surface area contributed by atoms with Crippen LogP contribution in [0.25, 0.3) is 0 Å². The summed E-state index contributed by atoms with van der Waals surface area (Å²) < 4.78 is 20.1. The lowest BCUT2D eigenvalue weighted by Crippen LogP contribution is -2.50. The molecule has 0 spiro atoms. The number of ether oxygens (including phenoxy) is 1. The SMILES string of the molecule is CC(C)(C)[S@](=O)N[C@](C)(C#N)COCc1ccccc1. The fraction of sp³-hybridized carbons (Fsp3) is 0.533. The fourth-order valence-electron chi connectivity index (χ4n) is 1.39. The van der Waals surface area contributed by atoms with E-state index in [4.69, 9.17) is 4.74 Å². The van der Waals surface area contributed by atoms with Crippen molar-refractivity contribution < 1.29 is 8.95 Å². The molecule has 0 heterocycles. The number of hydrogen-bond donors (Lipinski definition) is 1. The molecule has 1 aromatic carbocycles. The van der Waals surface area contributed by atoms with Crippen LogP contribution in [0.4, 0.5) is 0 Å². The summed E-state index contributed by atoms with van der Waals surface area (Å²) in [6, 6.07) is 11.9. The van der Waals surface area contributed by atoms with E-state index in [0.29, 0.717) is 6.61 Å². The average molecular weight is 294 g/mol. The summed E-state index contributed by atoms with van der Waals surface area (Å²) in [5.41, 5.74) is 0.0807. The van der Waals surface area contributed by atoms with E-state index < -0.39 is 21.3 Å². The molecule has 0 aliphatic rings. The van der Waals surface area contributed by atoms with Crippen LogP contribution in [0.3, 0.4) is 0 Å². The minimum atomic E-state index is -1.31. The van der Waals surface area contributed by atoms with Crippen LogP contribution in [0, 0.1) is 11.3 Å². The maximum atomic E-state index is 12.1. The Hall–Kier alpha value is -1.22. The zero-order chi connectivity index (χ0) is 15.2. The third-order valence-corrected chi connectivity index (χ3v) is 4.37. The third-order valence-electron chi connectivity index (χ3n) is 2.62. The maximum Gasteiger partial charge on any atom is 0.138 e. The number of benzene rings is 1. The second kappa shape index (κ2) is 6.98. The minimum Gasteiger partial charge on any atom is -0.374 e. The van der Waals surface area contributed by atoms with Crippen molar-refractivity contribution in [2.75, 3.05) is 6.61 Å². The molecule has 2 atom stereocenters. The van der Waals surface area contributed by atoms with Crippen molar-refractivity contribution in [1.29, 1.82) is 5.26 Å². The lowest BCUT2D eigenvalue weighted by atomic mass is 10.1. The van der Waals surface area contributed by atoms with Gasteiger partial charge in [-0.15, -0.1) is 0 Å². The summed E-state index contributed by atoms with van der Waals surface area (Å²) in [5, 5.41) is 9.27. The minimum absolute atomic E-state index is 0.181. The molecule has 0 amide bonds. The number of nitrogens with one attached hydrogen (secondary N) is 1. The molecular formula is C15H22N2O2S. The predicted octanol–water partition coefficient (Wildman–Crippen LogP) is 2.54. The monoisotopic (exact) mass is 294 g/mol. The summed E-state index contributed by atoms with van der Waals surface area (Å²) in [4.78, 5) is 0. The van der Waals surface area contributed by atoms with E-state index in [1.807, 2.05) is 51.1 Å². The second-order valence-corrected chi connectivity index (χ2v) is 7.87. The number of nitriles is 1. The predicted molar refractivity (Wildman–Crippen MR) is 81.1 cm³/mol. The number of rotatable bonds is 6. The Morgan fingerprint density at radius 2 is 1.85 bits per heavy atom.